The first-order valence-electron chi connectivity index (χ1n) is 14.6. The number of H-pyrrole nitrogens is 2. The Hall–Kier alpha value is -5.01. The molecule has 0 bridgehead atoms. The first-order valence-corrected chi connectivity index (χ1v) is 14.6. The van der Waals surface area contributed by atoms with Crippen molar-refractivity contribution in [2.75, 3.05) is 24.5 Å². The van der Waals surface area contributed by atoms with Gasteiger partial charge < -0.3 is 14.9 Å². The molecule has 2 aliphatic rings. The molecule has 1 amide bonds. The Balaban J connectivity index is 1.21. The summed E-state index contributed by atoms with van der Waals surface area (Å²) in [5, 5.41) is 20.0. The molecule has 2 atom stereocenters. The second-order valence-corrected chi connectivity index (χ2v) is 11.4. The Labute approximate surface area is 254 Å². The van der Waals surface area contributed by atoms with E-state index >= 15 is 0 Å². The number of nitrogens with zero attached hydrogens (tertiary/aromatic N) is 4. The van der Waals surface area contributed by atoms with E-state index in [-0.39, 0.29) is 41.8 Å². The summed E-state index contributed by atoms with van der Waals surface area (Å²) in [5.74, 6) is -0.393. The van der Waals surface area contributed by atoms with E-state index in [2.05, 4.69) is 26.3 Å². The molecule has 0 aliphatic carbocycles. The van der Waals surface area contributed by atoms with E-state index in [4.69, 9.17) is 0 Å². The summed E-state index contributed by atoms with van der Waals surface area (Å²) in [7, 11) is 0. The SMILES string of the molecule is O=C1c2c(c(C(F)(F)F)nn2-c2cccc(-c3n[nH]c(=O)[nH]3)c2)CCN1c1ccc(-c2ccccc2C[NH+]2CC[C@@H](O)C2)cc1. The van der Waals surface area contributed by atoms with Gasteiger partial charge in [0.05, 0.1) is 12.2 Å². The Bertz CT molecular complexity index is 1940. The van der Waals surface area contributed by atoms with E-state index in [1.54, 1.807) is 30.3 Å². The van der Waals surface area contributed by atoms with Crippen molar-refractivity contribution in [1.29, 1.82) is 0 Å². The quantitative estimate of drug-likeness (QED) is 0.234. The van der Waals surface area contributed by atoms with Gasteiger partial charge in [-0.25, -0.2) is 14.6 Å². The minimum absolute atomic E-state index is 0.0304. The second kappa shape index (κ2) is 11.2. The molecule has 3 aromatic carbocycles. The molecular weight excluding hydrogens is 587 g/mol. The summed E-state index contributed by atoms with van der Waals surface area (Å²) in [5.41, 5.74) is 2.44. The zero-order chi connectivity index (χ0) is 31.3. The summed E-state index contributed by atoms with van der Waals surface area (Å²) in [4.78, 5) is 30.8. The maximum atomic E-state index is 14.1. The number of quaternary nitrogens is 1. The van der Waals surface area contributed by atoms with Gasteiger partial charge in [0.1, 0.15) is 24.9 Å². The molecular formula is C32H29F3N7O3+. The van der Waals surface area contributed by atoms with Crippen molar-refractivity contribution in [2.45, 2.75) is 31.7 Å². The Morgan fingerprint density at radius 1 is 0.978 bits per heavy atom. The third-order valence-electron chi connectivity index (χ3n) is 8.45. The fourth-order valence-corrected chi connectivity index (χ4v) is 6.33. The average molecular weight is 617 g/mol. The lowest BCUT2D eigenvalue weighted by Gasteiger charge is -2.28. The number of aromatic nitrogens is 5. The number of carbonyl (C=O) groups excluding carboxylic acids is 1. The third kappa shape index (κ3) is 5.44. The van der Waals surface area contributed by atoms with Gasteiger partial charge in [0.15, 0.2) is 11.5 Å². The smallest absolute Gasteiger partial charge is 0.387 e. The Morgan fingerprint density at radius 3 is 2.49 bits per heavy atom. The number of halogens is 3. The fraction of sp³-hybridized carbons (Fsp3) is 0.250. The third-order valence-corrected chi connectivity index (χ3v) is 8.45. The zero-order valence-corrected chi connectivity index (χ0v) is 23.9. The molecule has 2 aromatic heterocycles. The predicted octanol–water partition coefficient (Wildman–Crippen LogP) is 2.99. The van der Waals surface area contributed by atoms with Gasteiger partial charge in [0.25, 0.3) is 5.91 Å². The normalized spacial score (nSPS) is 18.4. The van der Waals surface area contributed by atoms with Crippen LogP contribution in [-0.2, 0) is 19.1 Å². The number of aromatic amines is 2. The largest absolute Gasteiger partial charge is 0.435 e. The standard InChI is InChI=1S/C32H28F3N7O3/c33-32(34,35)28-26-13-15-41(30(44)27(26)42(39-28)23-6-3-5-20(16-23)29-36-31(45)38-37-29)22-10-8-19(9-11-22)25-7-2-1-4-21(25)17-40-14-12-24(43)18-40/h1-11,16,24,43H,12-15,17-18H2,(H2,36,37,38,45)/p+1/t24-/m1/s1. The first-order chi connectivity index (χ1) is 21.7. The predicted molar refractivity (Wildman–Crippen MR) is 159 cm³/mol. The molecule has 0 spiro atoms. The van der Waals surface area contributed by atoms with Gasteiger partial charge in [-0.1, -0.05) is 48.5 Å². The van der Waals surface area contributed by atoms with Gasteiger partial charge in [0.2, 0.25) is 0 Å². The number of hydrogen-bond donors (Lipinski definition) is 4. The van der Waals surface area contributed by atoms with Crippen LogP contribution in [0.4, 0.5) is 18.9 Å². The lowest BCUT2D eigenvalue weighted by Crippen LogP contribution is -3.09. The van der Waals surface area contributed by atoms with Crippen LogP contribution in [-0.4, -0.2) is 61.7 Å². The number of fused-ring (bicyclic) bond motifs is 1. The van der Waals surface area contributed by atoms with Crippen molar-refractivity contribution in [3.05, 3.63) is 106 Å². The number of rotatable bonds is 6. The summed E-state index contributed by atoms with van der Waals surface area (Å²) in [6, 6.07) is 21.8. The second-order valence-electron chi connectivity index (χ2n) is 11.4. The Kier molecular flexibility index (Phi) is 7.13. The number of anilines is 1. The van der Waals surface area contributed by atoms with Crippen molar-refractivity contribution in [1.82, 2.24) is 25.0 Å². The number of nitrogens with one attached hydrogen (secondary N) is 3. The molecule has 0 saturated carbocycles. The van der Waals surface area contributed by atoms with E-state index in [0.29, 0.717) is 17.8 Å². The van der Waals surface area contributed by atoms with Gasteiger partial charge in [-0.15, -0.1) is 0 Å². The number of aliphatic hydroxyl groups is 1. The van der Waals surface area contributed by atoms with E-state index in [0.717, 1.165) is 40.9 Å². The molecule has 230 valence electrons. The highest BCUT2D eigenvalue weighted by molar-refractivity contribution is 6.07. The molecule has 1 saturated heterocycles. The summed E-state index contributed by atoms with van der Waals surface area (Å²) >= 11 is 0. The molecule has 10 nitrogen and oxygen atoms in total. The zero-order valence-electron chi connectivity index (χ0n) is 23.9. The molecule has 0 radical (unpaired) electrons. The van der Waals surface area contributed by atoms with Crippen molar-refractivity contribution >= 4 is 11.6 Å². The van der Waals surface area contributed by atoms with E-state index < -0.39 is 23.5 Å². The molecule has 1 fully saturated rings. The number of aliphatic hydroxyl groups excluding tert-OH is 1. The van der Waals surface area contributed by atoms with E-state index in [1.165, 1.54) is 15.9 Å². The fourth-order valence-electron chi connectivity index (χ4n) is 6.33. The van der Waals surface area contributed by atoms with E-state index in [1.807, 2.05) is 30.3 Å². The van der Waals surface area contributed by atoms with Crippen LogP contribution in [0.2, 0.25) is 0 Å². The molecule has 7 rings (SSSR count). The summed E-state index contributed by atoms with van der Waals surface area (Å²) in [6.45, 7) is 2.47. The monoisotopic (exact) mass is 616 g/mol. The van der Waals surface area contributed by atoms with Crippen LogP contribution in [0, 0.1) is 0 Å². The first kappa shape index (κ1) is 28.7. The Morgan fingerprint density at radius 2 is 1.78 bits per heavy atom. The number of hydrogen-bond acceptors (Lipinski definition) is 5. The van der Waals surface area contributed by atoms with Gasteiger partial charge in [-0.3, -0.25) is 9.78 Å². The van der Waals surface area contributed by atoms with Crippen LogP contribution in [0.25, 0.3) is 28.2 Å². The average Bonchev–Trinajstić information content (AvgIpc) is 3.76. The lowest BCUT2D eigenvalue weighted by atomic mass is 9.98. The van der Waals surface area contributed by atoms with Gasteiger partial charge in [-0.2, -0.15) is 23.4 Å². The maximum Gasteiger partial charge on any atom is 0.435 e. The van der Waals surface area contributed by atoms with Crippen LogP contribution in [0.1, 0.15) is 33.7 Å². The van der Waals surface area contributed by atoms with Crippen LogP contribution in [0.5, 0.6) is 0 Å². The highest BCUT2D eigenvalue weighted by Gasteiger charge is 2.43. The summed E-state index contributed by atoms with van der Waals surface area (Å²) < 4.78 is 43.4. The molecule has 45 heavy (non-hydrogen) atoms. The number of alkyl halides is 3. The molecule has 5 aromatic rings. The number of likely N-dealkylation sites (tertiary alicyclic amines) is 1. The van der Waals surface area contributed by atoms with Crippen LogP contribution in [0.3, 0.4) is 0 Å². The lowest BCUT2D eigenvalue weighted by molar-refractivity contribution is -0.902. The van der Waals surface area contributed by atoms with Crippen LogP contribution >= 0.6 is 0 Å². The highest BCUT2D eigenvalue weighted by atomic mass is 19.4. The number of benzene rings is 3. The van der Waals surface area contributed by atoms with E-state index in [9.17, 15) is 27.9 Å². The maximum absolute atomic E-state index is 14.1. The van der Waals surface area contributed by atoms with Gasteiger partial charge in [0, 0.05) is 35.3 Å². The molecule has 2 aliphatic heterocycles. The number of carbonyl (C=O) groups is 1. The molecule has 4 N–H and O–H groups in total. The van der Waals surface area contributed by atoms with Gasteiger partial charge in [-0.05, 0) is 41.8 Å². The van der Waals surface area contributed by atoms with Crippen molar-refractivity contribution in [3.8, 4) is 28.2 Å². The van der Waals surface area contributed by atoms with Crippen LogP contribution < -0.4 is 15.5 Å². The summed E-state index contributed by atoms with van der Waals surface area (Å²) in [6.07, 6.45) is -4.27. The van der Waals surface area contributed by atoms with Crippen molar-refractivity contribution < 1.29 is 28.0 Å². The minimum atomic E-state index is -4.76. The number of amides is 1. The topological polar surface area (TPSA) is 124 Å². The van der Waals surface area contributed by atoms with Crippen LogP contribution in [0.15, 0.2) is 77.6 Å². The molecule has 1 unspecified atom stereocenters. The van der Waals surface area contributed by atoms with Crippen molar-refractivity contribution in [2.24, 2.45) is 0 Å². The molecule has 4 heterocycles. The highest BCUT2D eigenvalue weighted by Crippen LogP contribution is 2.38. The van der Waals surface area contributed by atoms with Gasteiger partial charge >= 0.3 is 11.9 Å². The minimum Gasteiger partial charge on any atom is -0.387 e. The molecule has 13 heteroatoms. The van der Waals surface area contributed by atoms with Crippen molar-refractivity contribution in [3.63, 3.8) is 0 Å².